The van der Waals surface area contributed by atoms with Crippen LogP contribution >= 0.6 is 0 Å². The van der Waals surface area contributed by atoms with Crippen molar-refractivity contribution >= 4 is 10.8 Å². The highest BCUT2D eigenvalue weighted by Gasteiger charge is 2.24. The van der Waals surface area contributed by atoms with E-state index in [1.807, 2.05) is 30.3 Å². The third kappa shape index (κ3) is 2.14. The number of phenols is 3. The number of fused-ring (bicyclic) bond motifs is 4. The Morgan fingerprint density at radius 3 is 2.08 bits per heavy atom. The van der Waals surface area contributed by atoms with Gasteiger partial charge in [0, 0.05) is 0 Å². The molecule has 0 radical (unpaired) electrons. The number of phenolic OH excluding ortho intramolecular Hbond substituents is 3. The van der Waals surface area contributed by atoms with Crippen molar-refractivity contribution in [3.05, 3.63) is 77.9 Å². The van der Waals surface area contributed by atoms with E-state index in [1.54, 1.807) is 30.3 Å². The van der Waals surface area contributed by atoms with Crippen LogP contribution in [0.1, 0.15) is 11.1 Å². The molecule has 0 fully saturated rings. The van der Waals surface area contributed by atoms with Crippen molar-refractivity contribution in [2.45, 2.75) is 6.42 Å². The topological polar surface area (TPSA) is 60.7 Å². The lowest BCUT2D eigenvalue weighted by molar-refractivity contribution is 0.474. The van der Waals surface area contributed by atoms with E-state index in [0.717, 1.165) is 45.0 Å². The molecule has 0 spiro atoms. The number of hydrogen-bond donors (Lipinski definition) is 3. The summed E-state index contributed by atoms with van der Waals surface area (Å²) < 4.78 is 0. The average molecular weight is 340 g/mol. The zero-order valence-electron chi connectivity index (χ0n) is 13.9. The molecule has 0 bridgehead atoms. The quantitative estimate of drug-likeness (QED) is 0.393. The Balaban J connectivity index is 1.91. The van der Waals surface area contributed by atoms with Crippen molar-refractivity contribution in [1.29, 1.82) is 0 Å². The summed E-state index contributed by atoms with van der Waals surface area (Å²) in [5.41, 5.74) is 6.64. The fourth-order valence-corrected chi connectivity index (χ4v) is 4.00. The number of rotatable bonds is 1. The molecule has 0 amide bonds. The van der Waals surface area contributed by atoms with Gasteiger partial charge in [-0.05, 0) is 87.0 Å². The van der Waals surface area contributed by atoms with Crippen LogP contribution in [0.5, 0.6) is 17.2 Å². The molecule has 1 aliphatic rings. The average Bonchev–Trinajstić information content (AvgIpc) is 2.97. The maximum atomic E-state index is 9.92. The smallest absolute Gasteiger partial charge is 0.116 e. The first-order valence-corrected chi connectivity index (χ1v) is 8.50. The van der Waals surface area contributed by atoms with Crippen molar-refractivity contribution < 1.29 is 15.3 Å². The zero-order valence-corrected chi connectivity index (χ0v) is 13.9. The molecule has 0 aromatic heterocycles. The van der Waals surface area contributed by atoms with Gasteiger partial charge in [-0.15, -0.1) is 0 Å². The second kappa shape index (κ2) is 5.27. The fourth-order valence-electron chi connectivity index (χ4n) is 4.00. The molecule has 0 unspecified atom stereocenters. The van der Waals surface area contributed by atoms with Crippen LogP contribution in [0.4, 0.5) is 0 Å². The first-order valence-electron chi connectivity index (χ1n) is 8.50. The molecule has 0 saturated carbocycles. The minimum atomic E-state index is 0.230. The Morgan fingerprint density at radius 2 is 1.27 bits per heavy atom. The van der Waals surface area contributed by atoms with Gasteiger partial charge in [-0.3, -0.25) is 0 Å². The van der Waals surface area contributed by atoms with Crippen molar-refractivity contribution in [3.63, 3.8) is 0 Å². The lowest BCUT2D eigenvalue weighted by atomic mass is 9.89. The maximum absolute atomic E-state index is 9.92. The molecule has 3 nitrogen and oxygen atoms in total. The highest BCUT2D eigenvalue weighted by molar-refractivity contribution is 6.07. The van der Waals surface area contributed by atoms with E-state index in [1.165, 1.54) is 5.56 Å². The molecule has 4 aromatic carbocycles. The molecule has 0 aliphatic heterocycles. The zero-order chi connectivity index (χ0) is 17.8. The largest absolute Gasteiger partial charge is 0.508 e. The molecular formula is C23H16O3. The van der Waals surface area contributed by atoms with Crippen molar-refractivity contribution in [3.8, 4) is 39.5 Å². The van der Waals surface area contributed by atoms with Crippen LogP contribution in [0.3, 0.4) is 0 Å². The van der Waals surface area contributed by atoms with Crippen LogP contribution in [0, 0.1) is 0 Å². The number of aromatic hydroxyl groups is 3. The van der Waals surface area contributed by atoms with E-state index < -0.39 is 0 Å². The second-order valence-electron chi connectivity index (χ2n) is 6.76. The lowest BCUT2D eigenvalue weighted by Crippen LogP contribution is -1.89. The molecule has 0 atom stereocenters. The summed E-state index contributed by atoms with van der Waals surface area (Å²) in [4.78, 5) is 0. The van der Waals surface area contributed by atoms with Gasteiger partial charge in [0.2, 0.25) is 0 Å². The third-order valence-electron chi connectivity index (χ3n) is 5.10. The first-order chi connectivity index (χ1) is 12.6. The van der Waals surface area contributed by atoms with E-state index in [-0.39, 0.29) is 17.2 Å². The minimum Gasteiger partial charge on any atom is -0.508 e. The Hall–Kier alpha value is -3.46. The van der Waals surface area contributed by atoms with Crippen LogP contribution in [-0.2, 0) is 6.42 Å². The summed E-state index contributed by atoms with van der Waals surface area (Å²) in [5.74, 6) is 0.737. The molecule has 4 aromatic rings. The van der Waals surface area contributed by atoms with Crippen molar-refractivity contribution in [2.24, 2.45) is 0 Å². The summed E-state index contributed by atoms with van der Waals surface area (Å²) in [6.45, 7) is 0. The molecular weight excluding hydrogens is 324 g/mol. The highest BCUT2D eigenvalue weighted by atomic mass is 16.3. The van der Waals surface area contributed by atoms with Crippen LogP contribution in [0.15, 0.2) is 66.7 Å². The van der Waals surface area contributed by atoms with Crippen LogP contribution in [-0.4, -0.2) is 15.3 Å². The fraction of sp³-hybridized carbons (Fsp3) is 0.0435. The van der Waals surface area contributed by atoms with Crippen LogP contribution in [0.2, 0.25) is 0 Å². The first kappa shape index (κ1) is 14.8. The predicted molar refractivity (Wildman–Crippen MR) is 103 cm³/mol. The van der Waals surface area contributed by atoms with Gasteiger partial charge in [0.05, 0.1) is 0 Å². The summed E-state index contributed by atoms with van der Waals surface area (Å²) in [6, 6.07) is 20.2. The summed E-state index contributed by atoms with van der Waals surface area (Å²) in [6.07, 6.45) is 0.746. The Labute approximate surface area is 150 Å². The molecule has 1 aliphatic carbocycles. The second-order valence-corrected chi connectivity index (χ2v) is 6.76. The van der Waals surface area contributed by atoms with Gasteiger partial charge in [0.1, 0.15) is 17.2 Å². The van der Waals surface area contributed by atoms with Gasteiger partial charge in [-0.1, -0.05) is 30.3 Å². The Kier molecular flexibility index (Phi) is 3.01. The van der Waals surface area contributed by atoms with E-state index >= 15 is 0 Å². The van der Waals surface area contributed by atoms with Crippen LogP contribution in [0.25, 0.3) is 33.0 Å². The summed E-state index contributed by atoms with van der Waals surface area (Å²) in [7, 11) is 0. The van der Waals surface area contributed by atoms with Crippen molar-refractivity contribution in [2.75, 3.05) is 0 Å². The number of benzene rings is 4. The Morgan fingerprint density at radius 1 is 0.577 bits per heavy atom. The Bertz CT molecular complexity index is 1170. The van der Waals surface area contributed by atoms with Gasteiger partial charge in [0.15, 0.2) is 0 Å². The molecule has 0 saturated heterocycles. The summed E-state index contributed by atoms with van der Waals surface area (Å²) >= 11 is 0. The minimum absolute atomic E-state index is 0.230. The predicted octanol–water partition coefficient (Wildman–Crippen LogP) is 5.19. The van der Waals surface area contributed by atoms with Gasteiger partial charge in [0.25, 0.3) is 0 Å². The van der Waals surface area contributed by atoms with Crippen molar-refractivity contribution in [1.82, 2.24) is 0 Å². The van der Waals surface area contributed by atoms with Gasteiger partial charge in [-0.25, -0.2) is 0 Å². The molecule has 126 valence electrons. The van der Waals surface area contributed by atoms with E-state index in [2.05, 4.69) is 6.07 Å². The van der Waals surface area contributed by atoms with E-state index in [4.69, 9.17) is 0 Å². The third-order valence-corrected chi connectivity index (χ3v) is 5.10. The van der Waals surface area contributed by atoms with Crippen LogP contribution < -0.4 is 0 Å². The SMILES string of the molecule is Oc1ccc(-c2c3c(cc4cc(O)ccc24)Cc2cc(O)ccc2-3)cc1. The van der Waals surface area contributed by atoms with Gasteiger partial charge >= 0.3 is 0 Å². The van der Waals surface area contributed by atoms with Gasteiger partial charge < -0.3 is 15.3 Å². The number of hydrogen-bond acceptors (Lipinski definition) is 3. The molecule has 3 N–H and O–H groups in total. The monoisotopic (exact) mass is 340 g/mol. The molecule has 3 heteroatoms. The molecule has 26 heavy (non-hydrogen) atoms. The maximum Gasteiger partial charge on any atom is 0.116 e. The normalized spacial score (nSPS) is 12.2. The van der Waals surface area contributed by atoms with E-state index in [9.17, 15) is 15.3 Å². The molecule has 0 heterocycles. The van der Waals surface area contributed by atoms with E-state index in [0.29, 0.717) is 0 Å². The van der Waals surface area contributed by atoms with Gasteiger partial charge in [-0.2, -0.15) is 0 Å². The highest BCUT2D eigenvalue weighted by Crippen LogP contribution is 2.47. The molecule has 5 rings (SSSR count). The lowest BCUT2D eigenvalue weighted by Gasteiger charge is -2.15. The summed E-state index contributed by atoms with van der Waals surface area (Å²) in [5, 5.41) is 31.5. The standard InChI is InChI=1S/C23H16O3/c24-17-3-1-13(2-4-17)22-20-7-5-18(25)11-14(20)9-16-10-15-12-19(26)6-8-21(15)23(16)22/h1-9,11-12,24-26H,10H2.